The quantitative estimate of drug-likeness (QED) is 0.228. The predicted octanol–water partition coefficient (Wildman–Crippen LogP) is 4.68. The largest absolute Gasteiger partial charge is 0.494 e. The number of aromatic nitrogens is 1. The van der Waals surface area contributed by atoms with Crippen molar-refractivity contribution in [2.75, 3.05) is 25.1 Å². The molecule has 2 aliphatic heterocycles. The average Bonchev–Trinajstić information content (AvgIpc) is 3.26. The fourth-order valence-electron chi connectivity index (χ4n) is 5.39. The van der Waals surface area contributed by atoms with Crippen LogP contribution in [-0.4, -0.2) is 47.1 Å². The minimum atomic E-state index is -0.406. The molecule has 2 aromatic carbocycles. The molecule has 9 heteroatoms. The molecule has 0 bridgehead atoms. The van der Waals surface area contributed by atoms with E-state index in [4.69, 9.17) is 9.94 Å². The maximum atomic E-state index is 13.8. The molecule has 0 saturated carbocycles. The molecule has 3 heterocycles. The van der Waals surface area contributed by atoms with Crippen molar-refractivity contribution < 1.29 is 23.9 Å². The lowest BCUT2D eigenvalue weighted by atomic mass is 9.96. The van der Waals surface area contributed by atoms with E-state index in [0.29, 0.717) is 31.6 Å². The van der Waals surface area contributed by atoms with Crippen molar-refractivity contribution in [3.05, 3.63) is 59.0 Å². The van der Waals surface area contributed by atoms with Gasteiger partial charge in [0.2, 0.25) is 5.91 Å². The number of halogens is 1. The first-order chi connectivity index (χ1) is 17.5. The Bertz CT molecular complexity index is 1290. The maximum absolute atomic E-state index is 13.8. The second kappa shape index (κ2) is 10.2. The Labute approximate surface area is 209 Å². The monoisotopic (exact) mass is 494 g/mol. The molecule has 0 spiro atoms. The number of carbonyl (C=O) groups excluding carboxylic acids is 2. The van der Waals surface area contributed by atoms with Crippen molar-refractivity contribution in [1.29, 1.82) is 0 Å². The van der Waals surface area contributed by atoms with Gasteiger partial charge < -0.3 is 19.5 Å². The van der Waals surface area contributed by atoms with Crippen LogP contribution in [-0.2, 0) is 11.2 Å². The first-order valence-corrected chi connectivity index (χ1v) is 12.5. The number of H-pyrrole nitrogens is 1. The number of unbranched alkanes of at least 4 members (excludes halogenated alkanes) is 4. The van der Waals surface area contributed by atoms with Crippen LogP contribution in [0.15, 0.2) is 36.4 Å². The lowest BCUT2D eigenvalue weighted by Crippen LogP contribution is -2.51. The molecule has 0 fully saturated rings. The topological polar surface area (TPSA) is 97.9 Å². The van der Waals surface area contributed by atoms with Gasteiger partial charge in [0.1, 0.15) is 17.7 Å². The number of hydrogen-bond acceptors (Lipinski definition) is 5. The number of fused-ring (bicyclic) bond motifs is 6. The van der Waals surface area contributed by atoms with Gasteiger partial charge in [-0.2, -0.15) is 0 Å². The number of anilines is 1. The summed E-state index contributed by atoms with van der Waals surface area (Å²) < 4.78 is 19.8. The zero-order chi connectivity index (χ0) is 25.2. The van der Waals surface area contributed by atoms with Gasteiger partial charge in [0.15, 0.2) is 0 Å². The highest BCUT2D eigenvalue weighted by atomic mass is 19.1. The minimum absolute atomic E-state index is 0.141. The Balaban J connectivity index is 1.25. The van der Waals surface area contributed by atoms with Crippen molar-refractivity contribution in [1.82, 2.24) is 15.4 Å². The maximum Gasteiger partial charge on any atom is 0.258 e. The van der Waals surface area contributed by atoms with E-state index >= 15 is 0 Å². The van der Waals surface area contributed by atoms with Gasteiger partial charge in [0, 0.05) is 30.9 Å². The number of amides is 2. The summed E-state index contributed by atoms with van der Waals surface area (Å²) in [6, 6.07) is 10.4. The van der Waals surface area contributed by atoms with Gasteiger partial charge in [0.05, 0.1) is 23.6 Å². The smallest absolute Gasteiger partial charge is 0.258 e. The van der Waals surface area contributed by atoms with Crippen molar-refractivity contribution in [3.8, 4) is 5.75 Å². The van der Waals surface area contributed by atoms with Gasteiger partial charge in [-0.25, -0.2) is 9.87 Å². The molecule has 1 aromatic heterocycles. The molecule has 8 nitrogen and oxygen atoms in total. The van der Waals surface area contributed by atoms with Crippen molar-refractivity contribution in [2.24, 2.45) is 0 Å². The van der Waals surface area contributed by atoms with Crippen LogP contribution < -0.4 is 15.1 Å². The van der Waals surface area contributed by atoms with Crippen LogP contribution in [0.2, 0.25) is 0 Å². The summed E-state index contributed by atoms with van der Waals surface area (Å²) in [5.41, 5.74) is 5.98. The zero-order valence-electron chi connectivity index (χ0n) is 20.3. The molecule has 190 valence electrons. The molecule has 0 radical (unpaired) electrons. The molecular weight excluding hydrogens is 463 g/mol. The molecule has 3 N–H and O–H groups in total. The SMILES string of the molecule is CN1c2ccc(F)cc2C(=O)N2CCc3c([nH]c4ccc(OCCCCCCCC(=O)NO)cc34)C21. The van der Waals surface area contributed by atoms with E-state index in [1.165, 1.54) is 17.7 Å². The van der Waals surface area contributed by atoms with Crippen LogP contribution >= 0.6 is 0 Å². The number of nitrogens with zero attached hydrogens (tertiary/aromatic N) is 2. The highest BCUT2D eigenvalue weighted by Crippen LogP contribution is 2.43. The van der Waals surface area contributed by atoms with Crippen molar-refractivity contribution in [2.45, 2.75) is 51.1 Å². The third-order valence-corrected chi connectivity index (χ3v) is 7.21. The van der Waals surface area contributed by atoms with E-state index in [-0.39, 0.29) is 18.0 Å². The third-order valence-electron chi connectivity index (χ3n) is 7.21. The number of hydrogen-bond donors (Lipinski definition) is 3. The predicted molar refractivity (Wildman–Crippen MR) is 134 cm³/mol. The third kappa shape index (κ3) is 4.51. The number of aromatic amines is 1. The summed E-state index contributed by atoms with van der Waals surface area (Å²) in [7, 11) is 1.94. The van der Waals surface area contributed by atoms with Crippen LogP contribution in [0, 0.1) is 5.82 Å². The van der Waals surface area contributed by atoms with Crippen molar-refractivity contribution in [3.63, 3.8) is 0 Å². The summed E-state index contributed by atoms with van der Waals surface area (Å²) in [5, 5.41) is 9.61. The number of nitrogens with one attached hydrogen (secondary N) is 2. The highest BCUT2D eigenvalue weighted by Gasteiger charge is 2.41. The molecule has 36 heavy (non-hydrogen) atoms. The second-order valence-electron chi connectivity index (χ2n) is 9.52. The molecule has 5 rings (SSSR count). The second-order valence-corrected chi connectivity index (χ2v) is 9.52. The van der Waals surface area contributed by atoms with E-state index in [1.54, 1.807) is 11.5 Å². The van der Waals surface area contributed by atoms with Crippen LogP contribution in [0.4, 0.5) is 10.1 Å². The summed E-state index contributed by atoms with van der Waals surface area (Å²) in [6.07, 6.45) is 5.49. The zero-order valence-corrected chi connectivity index (χ0v) is 20.3. The summed E-state index contributed by atoms with van der Waals surface area (Å²) in [5.74, 6) is -0.0648. The lowest BCUT2D eigenvalue weighted by molar-refractivity contribution is -0.129. The first-order valence-electron chi connectivity index (χ1n) is 12.5. The molecule has 2 aliphatic rings. The normalized spacial score (nSPS) is 16.5. The van der Waals surface area contributed by atoms with Gasteiger partial charge in [-0.3, -0.25) is 14.8 Å². The lowest BCUT2D eigenvalue weighted by Gasteiger charge is -2.46. The standard InChI is InChI=1S/C27H31FN4O4/c1-31-23-11-8-17(28)15-21(23)27(34)32-13-12-19-20-16-18(9-10-22(20)29-25(19)26(31)32)36-14-6-4-2-3-5-7-24(33)30-35/h8-11,15-16,26,29,35H,2-7,12-14H2,1H3,(H,30,33). The highest BCUT2D eigenvalue weighted by molar-refractivity contribution is 6.02. The molecule has 0 aliphatic carbocycles. The van der Waals surface area contributed by atoms with Crippen LogP contribution in [0.3, 0.4) is 0 Å². The number of carbonyl (C=O) groups is 2. The van der Waals surface area contributed by atoms with Gasteiger partial charge in [-0.05, 0) is 61.2 Å². The molecule has 1 unspecified atom stereocenters. The number of hydroxylamine groups is 1. The van der Waals surface area contributed by atoms with E-state index in [1.807, 2.05) is 29.0 Å². The van der Waals surface area contributed by atoms with Gasteiger partial charge in [-0.1, -0.05) is 19.3 Å². The molecule has 3 aromatic rings. The van der Waals surface area contributed by atoms with Gasteiger partial charge in [0.25, 0.3) is 5.91 Å². The van der Waals surface area contributed by atoms with Gasteiger partial charge in [-0.15, -0.1) is 0 Å². The minimum Gasteiger partial charge on any atom is -0.494 e. The number of benzene rings is 2. The number of ether oxygens (including phenoxy) is 1. The summed E-state index contributed by atoms with van der Waals surface area (Å²) in [4.78, 5) is 31.6. The molecule has 0 saturated heterocycles. The summed E-state index contributed by atoms with van der Waals surface area (Å²) >= 11 is 0. The van der Waals surface area contributed by atoms with E-state index in [0.717, 1.165) is 60.1 Å². The Morgan fingerprint density at radius 3 is 2.81 bits per heavy atom. The van der Waals surface area contributed by atoms with E-state index < -0.39 is 5.82 Å². The van der Waals surface area contributed by atoms with Crippen LogP contribution in [0.25, 0.3) is 10.9 Å². The molecule has 1 atom stereocenters. The number of rotatable bonds is 9. The molecular formula is C27H31FN4O4. The van der Waals surface area contributed by atoms with E-state index in [9.17, 15) is 14.0 Å². The van der Waals surface area contributed by atoms with E-state index in [2.05, 4.69) is 11.1 Å². The van der Waals surface area contributed by atoms with Gasteiger partial charge >= 0.3 is 0 Å². The van der Waals surface area contributed by atoms with Crippen molar-refractivity contribution >= 4 is 28.4 Å². The Morgan fingerprint density at radius 2 is 1.97 bits per heavy atom. The Morgan fingerprint density at radius 1 is 1.17 bits per heavy atom. The summed E-state index contributed by atoms with van der Waals surface area (Å²) in [6.45, 7) is 1.19. The van der Waals surface area contributed by atoms with Crippen LogP contribution in [0.5, 0.6) is 5.75 Å². The first kappa shape index (κ1) is 24.1. The fraction of sp³-hybridized carbons (Fsp3) is 0.407. The Kier molecular flexibility index (Phi) is 6.82. The Hall–Kier alpha value is -3.59. The average molecular weight is 495 g/mol. The molecule has 2 amide bonds. The van der Waals surface area contributed by atoms with Crippen LogP contribution in [0.1, 0.15) is 66.3 Å². The fourth-order valence-corrected chi connectivity index (χ4v) is 5.39.